The fourth-order valence-electron chi connectivity index (χ4n) is 2.65. The first kappa shape index (κ1) is 17.9. The van der Waals surface area contributed by atoms with Gasteiger partial charge in [-0.2, -0.15) is 4.98 Å². The van der Waals surface area contributed by atoms with Gasteiger partial charge in [0.15, 0.2) is 22.5 Å². The molecule has 0 bridgehead atoms. The number of nitrogens with zero attached hydrogens (tertiary/aromatic N) is 4. The second-order valence-corrected chi connectivity index (χ2v) is 6.08. The van der Waals surface area contributed by atoms with E-state index in [9.17, 15) is 14.0 Å². The average molecular weight is 383 g/mol. The van der Waals surface area contributed by atoms with Crippen LogP contribution in [0.2, 0.25) is 5.15 Å². The van der Waals surface area contributed by atoms with E-state index in [1.807, 2.05) is 0 Å². The van der Waals surface area contributed by atoms with Gasteiger partial charge in [0.25, 0.3) is 5.91 Å². The maximum absolute atomic E-state index is 13.7. The zero-order chi connectivity index (χ0) is 18.8. The summed E-state index contributed by atoms with van der Waals surface area (Å²) in [6.07, 6.45) is 1.37. The van der Waals surface area contributed by atoms with E-state index in [4.69, 9.17) is 23.1 Å². The lowest BCUT2D eigenvalue weighted by Crippen LogP contribution is -2.37. The minimum Gasteiger partial charge on any atom is -0.382 e. The smallest absolute Gasteiger partial charge is 0.346 e. The van der Waals surface area contributed by atoms with Gasteiger partial charge < -0.3 is 21.7 Å². The van der Waals surface area contributed by atoms with Gasteiger partial charge in [0.2, 0.25) is 0 Å². The van der Waals surface area contributed by atoms with Crippen LogP contribution in [0.15, 0.2) is 11.0 Å². The van der Waals surface area contributed by atoms with Crippen molar-refractivity contribution in [3.05, 3.63) is 27.5 Å². The molecule has 10 nitrogen and oxygen atoms in total. The Kier molecular flexibility index (Phi) is 4.89. The first-order chi connectivity index (χ1) is 12.3. The molecule has 1 aliphatic rings. The Labute approximate surface area is 151 Å². The number of amides is 1. The van der Waals surface area contributed by atoms with Crippen LogP contribution in [0.5, 0.6) is 0 Å². The van der Waals surface area contributed by atoms with Crippen LogP contribution in [-0.4, -0.2) is 45.1 Å². The second-order valence-electron chi connectivity index (χ2n) is 5.72. The van der Waals surface area contributed by atoms with Crippen LogP contribution in [0.3, 0.4) is 0 Å². The SMILES string of the molecule is Nc1nc(N)c(C(=O)Nc2[nH]c(=O)ncc2N2CCCC(F)C2)nc1Cl. The van der Waals surface area contributed by atoms with Gasteiger partial charge in [-0.3, -0.25) is 9.78 Å². The topological polar surface area (TPSA) is 156 Å². The van der Waals surface area contributed by atoms with Gasteiger partial charge in [-0.15, -0.1) is 0 Å². The normalized spacial score (nSPS) is 17.2. The summed E-state index contributed by atoms with van der Waals surface area (Å²) >= 11 is 5.78. The van der Waals surface area contributed by atoms with Crippen LogP contribution < -0.4 is 27.4 Å². The van der Waals surface area contributed by atoms with Crippen molar-refractivity contribution in [2.75, 3.05) is 34.8 Å². The van der Waals surface area contributed by atoms with E-state index in [-0.39, 0.29) is 34.8 Å². The number of alkyl halides is 1. The first-order valence-corrected chi connectivity index (χ1v) is 8.11. The van der Waals surface area contributed by atoms with Crippen molar-refractivity contribution in [2.24, 2.45) is 0 Å². The number of aromatic amines is 1. The number of nitrogens with two attached hydrogens (primary N) is 2. The Balaban J connectivity index is 1.92. The largest absolute Gasteiger partial charge is 0.382 e. The lowest BCUT2D eigenvalue weighted by molar-refractivity contribution is 0.102. The van der Waals surface area contributed by atoms with Gasteiger partial charge >= 0.3 is 5.69 Å². The van der Waals surface area contributed by atoms with Crippen molar-refractivity contribution < 1.29 is 9.18 Å². The van der Waals surface area contributed by atoms with Crippen molar-refractivity contribution in [3.8, 4) is 0 Å². The molecule has 1 atom stereocenters. The van der Waals surface area contributed by atoms with Crippen molar-refractivity contribution in [1.82, 2.24) is 19.9 Å². The zero-order valence-corrected chi connectivity index (χ0v) is 14.3. The molecule has 12 heteroatoms. The quantitative estimate of drug-likeness (QED) is 0.600. The monoisotopic (exact) mass is 382 g/mol. The number of piperidine rings is 1. The molecule has 1 aliphatic heterocycles. The van der Waals surface area contributed by atoms with Gasteiger partial charge in [0.05, 0.1) is 11.9 Å². The standard InChI is InChI=1S/C14H16ClFN8O2/c15-9-11(18)21-10(17)8(20-9)13(25)22-12-7(4-19-14(26)23-12)24-3-1-2-6(16)5-24/h4,6H,1-3,5H2,(H4,17,18,21)(H2,19,22,23,25,26). The van der Waals surface area contributed by atoms with E-state index in [2.05, 4.69) is 25.3 Å². The van der Waals surface area contributed by atoms with E-state index in [1.54, 1.807) is 4.90 Å². The third-order valence-electron chi connectivity index (χ3n) is 3.86. The summed E-state index contributed by atoms with van der Waals surface area (Å²) in [4.78, 5) is 39.4. The number of hydrogen-bond acceptors (Lipinski definition) is 8. The fraction of sp³-hybridized carbons (Fsp3) is 0.357. The number of H-pyrrole nitrogens is 1. The molecule has 1 fully saturated rings. The number of halogens is 2. The van der Waals surface area contributed by atoms with E-state index in [0.29, 0.717) is 25.1 Å². The fourth-order valence-corrected chi connectivity index (χ4v) is 2.77. The van der Waals surface area contributed by atoms with E-state index in [0.717, 1.165) is 0 Å². The lowest BCUT2D eigenvalue weighted by Gasteiger charge is -2.31. The van der Waals surface area contributed by atoms with Crippen LogP contribution >= 0.6 is 11.6 Å². The van der Waals surface area contributed by atoms with Crippen LogP contribution in [0.1, 0.15) is 23.3 Å². The molecule has 2 aromatic rings. The molecule has 3 rings (SSSR count). The van der Waals surface area contributed by atoms with Crippen LogP contribution in [0, 0.1) is 0 Å². The maximum Gasteiger partial charge on any atom is 0.346 e. The maximum atomic E-state index is 13.7. The average Bonchev–Trinajstić information content (AvgIpc) is 2.58. The Hall–Kier alpha value is -2.95. The van der Waals surface area contributed by atoms with Crippen molar-refractivity contribution in [3.63, 3.8) is 0 Å². The minimum absolute atomic E-state index is 0.0539. The highest BCUT2D eigenvalue weighted by Gasteiger charge is 2.24. The number of anilines is 4. The number of nitrogen functional groups attached to an aromatic ring is 2. The predicted octanol–water partition coefficient (Wildman–Crippen LogP) is 0.568. The summed E-state index contributed by atoms with van der Waals surface area (Å²) in [7, 11) is 0. The van der Waals surface area contributed by atoms with Gasteiger partial charge in [-0.25, -0.2) is 19.2 Å². The number of rotatable bonds is 3. The molecule has 26 heavy (non-hydrogen) atoms. The molecule has 0 aliphatic carbocycles. The Morgan fingerprint density at radius 1 is 1.38 bits per heavy atom. The third kappa shape index (κ3) is 3.67. The summed E-state index contributed by atoms with van der Waals surface area (Å²) in [5, 5.41) is 2.31. The Morgan fingerprint density at radius 3 is 2.88 bits per heavy atom. The van der Waals surface area contributed by atoms with Gasteiger partial charge in [0.1, 0.15) is 12.0 Å². The lowest BCUT2D eigenvalue weighted by atomic mass is 10.1. The number of carbonyl (C=O) groups is 1. The molecular weight excluding hydrogens is 367 g/mol. The molecule has 3 heterocycles. The summed E-state index contributed by atoms with van der Waals surface area (Å²) in [5.74, 6) is -1.03. The van der Waals surface area contributed by atoms with Gasteiger partial charge in [-0.05, 0) is 12.8 Å². The van der Waals surface area contributed by atoms with Crippen LogP contribution in [-0.2, 0) is 0 Å². The molecule has 1 saturated heterocycles. The van der Waals surface area contributed by atoms with Crippen molar-refractivity contribution in [2.45, 2.75) is 19.0 Å². The van der Waals surface area contributed by atoms with Crippen molar-refractivity contribution >= 4 is 40.6 Å². The number of nitrogens with one attached hydrogen (secondary N) is 2. The molecule has 2 aromatic heterocycles. The summed E-state index contributed by atoms with van der Waals surface area (Å²) in [5.41, 5.74) is 10.6. The van der Waals surface area contributed by atoms with Crippen LogP contribution in [0.4, 0.5) is 27.5 Å². The zero-order valence-electron chi connectivity index (χ0n) is 13.5. The molecule has 1 unspecified atom stereocenters. The Morgan fingerprint density at radius 2 is 2.15 bits per heavy atom. The molecule has 0 radical (unpaired) electrons. The summed E-state index contributed by atoms with van der Waals surface area (Å²) < 4.78 is 13.7. The van der Waals surface area contributed by atoms with E-state index >= 15 is 0 Å². The minimum atomic E-state index is -1.00. The highest BCUT2D eigenvalue weighted by atomic mass is 35.5. The van der Waals surface area contributed by atoms with E-state index in [1.165, 1.54) is 6.20 Å². The molecular formula is C14H16ClFN8O2. The first-order valence-electron chi connectivity index (χ1n) is 7.73. The second kappa shape index (κ2) is 7.12. The number of hydrogen-bond donors (Lipinski definition) is 4. The molecule has 6 N–H and O–H groups in total. The summed E-state index contributed by atoms with van der Waals surface area (Å²) in [6.45, 7) is 0.693. The Bertz CT molecular complexity index is 905. The van der Waals surface area contributed by atoms with Gasteiger partial charge in [0, 0.05) is 13.1 Å². The molecule has 0 saturated carbocycles. The highest BCUT2D eigenvalue weighted by molar-refractivity contribution is 6.31. The molecule has 138 valence electrons. The predicted molar refractivity (Wildman–Crippen MR) is 95.0 cm³/mol. The molecule has 1 amide bonds. The van der Waals surface area contributed by atoms with Gasteiger partial charge in [-0.1, -0.05) is 11.6 Å². The summed E-state index contributed by atoms with van der Waals surface area (Å²) in [6, 6.07) is 0. The molecule has 0 aromatic carbocycles. The highest BCUT2D eigenvalue weighted by Crippen LogP contribution is 2.27. The molecule has 0 spiro atoms. The van der Waals surface area contributed by atoms with Crippen LogP contribution in [0.25, 0.3) is 0 Å². The van der Waals surface area contributed by atoms with E-state index < -0.39 is 17.8 Å². The van der Waals surface area contributed by atoms with Crippen molar-refractivity contribution in [1.29, 1.82) is 0 Å². The number of aromatic nitrogens is 4. The number of carbonyl (C=O) groups excluding carboxylic acids is 1. The third-order valence-corrected chi connectivity index (χ3v) is 4.13.